The van der Waals surface area contributed by atoms with Gasteiger partial charge in [-0.15, -0.1) is 0 Å². The van der Waals surface area contributed by atoms with E-state index >= 15 is 0 Å². The summed E-state index contributed by atoms with van der Waals surface area (Å²) in [6, 6.07) is 10.2. The molecule has 0 radical (unpaired) electrons. The van der Waals surface area contributed by atoms with Gasteiger partial charge in [0.2, 0.25) is 0 Å². The minimum atomic E-state index is -0.467. The molecule has 0 aliphatic rings. The molecule has 0 aliphatic carbocycles. The van der Waals surface area contributed by atoms with E-state index in [1.54, 1.807) is 30.3 Å². The smallest absolute Gasteiger partial charge is 0.287 e. The number of hydrogen-bond acceptors (Lipinski definition) is 4. The van der Waals surface area contributed by atoms with Gasteiger partial charge in [0.15, 0.2) is 5.76 Å². The Bertz CT molecular complexity index is 653. The summed E-state index contributed by atoms with van der Waals surface area (Å²) in [6.07, 6.45) is 2.80. The number of halogens is 1. The van der Waals surface area contributed by atoms with Gasteiger partial charge in [0.1, 0.15) is 0 Å². The number of rotatable bonds is 5. The maximum absolute atomic E-state index is 11.5. The second-order valence-electron chi connectivity index (χ2n) is 3.97. The molecule has 1 heterocycles. The third-order valence-corrected chi connectivity index (χ3v) is 2.80. The molecule has 2 amide bonds. The van der Waals surface area contributed by atoms with Crippen LogP contribution in [0.15, 0.2) is 52.2 Å². The highest BCUT2D eigenvalue weighted by atomic mass is 35.5. The van der Waals surface area contributed by atoms with Crippen molar-refractivity contribution in [1.29, 1.82) is 0 Å². The van der Waals surface area contributed by atoms with Crippen LogP contribution in [-0.4, -0.2) is 24.6 Å². The molecule has 0 spiro atoms. The summed E-state index contributed by atoms with van der Waals surface area (Å²) in [5.74, 6) is -0.786. The van der Waals surface area contributed by atoms with Crippen molar-refractivity contribution in [3.63, 3.8) is 0 Å². The number of nitrogens with zero attached hydrogens (tertiary/aromatic N) is 1. The summed E-state index contributed by atoms with van der Waals surface area (Å²) in [5.41, 5.74) is 2.97. The molecule has 0 saturated heterocycles. The van der Waals surface area contributed by atoms with Crippen LogP contribution in [0.3, 0.4) is 0 Å². The molecule has 108 valence electrons. The van der Waals surface area contributed by atoms with E-state index in [1.165, 1.54) is 18.5 Å². The SMILES string of the molecule is O=C(CNC(=O)c1ccco1)NN=Cc1ccccc1Cl. The third-order valence-electron chi connectivity index (χ3n) is 2.45. The van der Waals surface area contributed by atoms with Gasteiger partial charge in [0.25, 0.3) is 11.8 Å². The first-order valence-electron chi connectivity index (χ1n) is 6.05. The predicted octanol–water partition coefficient (Wildman–Crippen LogP) is 1.81. The van der Waals surface area contributed by atoms with E-state index in [0.29, 0.717) is 10.6 Å². The van der Waals surface area contributed by atoms with Crippen LogP contribution in [0.25, 0.3) is 0 Å². The van der Waals surface area contributed by atoms with Gasteiger partial charge in [-0.2, -0.15) is 5.10 Å². The molecule has 0 saturated carbocycles. The lowest BCUT2D eigenvalue weighted by Gasteiger charge is -2.02. The van der Waals surface area contributed by atoms with Crippen molar-refractivity contribution >= 4 is 29.6 Å². The number of hydrogen-bond donors (Lipinski definition) is 2. The first-order valence-corrected chi connectivity index (χ1v) is 6.43. The molecular formula is C14H12ClN3O3. The summed E-state index contributed by atoms with van der Waals surface area (Å²) in [5, 5.41) is 6.69. The molecular weight excluding hydrogens is 294 g/mol. The van der Waals surface area contributed by atoms with Crippen molar-refractivity contribution in [1.82, 2.24) is 10.7 Å². The summed E-state index contributed by atoms with van der Waals surface area (Å²) in [4.78, 5) is 23.0. The Labute approximate surface area is 125 Å². The zero-order valence-electron chi connectivity index (χ0n) is 10.9. The Morgan fingerprint density at radius 1 is 1.24 bits per heavy atom. The van der Waals surface area contributed by atoms with Gasteiger partial charge in [-0.25, -0.2) is 5.43 Å². The highest BCUT2D eigenvalue weighted by Gasteiger charge is 2.09. The number of furan rings is 1. The summed E-state index contributed by atoms with van der Waals surface area (Å²) in [6.45, 7) is -0.209. The molecule has 2 N–H and O–H groups in total. The molecule has 1 aromatic carbocycles. The number of carbonyl (C=O) groups excluding carboxylic acids is 2. The number of hydrazone groups is 1. The molecule has 2 rings (SSSR count). The van der Waals surface area contributed by atoms with Crippen LogP contribution in [0, 0.1) is 0 Å². The molecule has 21 heavy (non-hydrogen) atoms. The Morgan fingerprint density at radius 3 is 2.76 bits per heavy atom. The van der Waals surface area contributed by atoms with Gasteiger partial charge in [-0.1, -0.05) is 29.8 Å². The maximum Gasteiger partial charge on any atom is 0.287 e. The Balaban J connectivity index is 1.78. The van der Waals surface area contributed by atoms with Crippen LogP contribution >= 0.6 is 11.6 Å². The molecule has 0 fully saturated rings. The standard InChI is InChI=1S/C14H12ClN3O3/c15-11-5-2-1-4-10(11)8-17-18-13(19)9-16-14(20)12-6-3-7-21-12/h1-8H,9H2,(H,16,20)(H,18,19). The van der Waals surface area contributed by atoms with Gasteiger partial charge in [0.05, 0.1) is 19.0 Å². The predicted molar refractivity (Wildman–Crippen MR) is 78.2 cm³/mol. The lowest BCUT2D eigenvalue weighted by atomic mass is 10.2. The van der Waals surface area contributed by atoms with E-state index in [-0.39, 0.29) is 12.3 Å². The van der Waals surface area contributed by atoms with Crippen molar-refractivity contribution in [3.05, 3.63) is 59.0 Å². The highest BCUT2D eigenvalue weighted by Crippen LogP contribution is 2.11. The number of amides is 2. The fraction of sp³-hybridized carbons (Fsp3) is 0.0714. The molecule has 6 nitrogen and oxygen atoms in total. The molecule has 0 bridgehead atoms. The summed E-state index contributed by atoms with van der Waals surface area (Å²) in [7, 11) is 0. The van der Waals surface area contributed by atoms with Crippen LogP contribution in [-0.2, 0) is 4.79 Å². The van der Waals surface area contributed by atoms with Crippen LogP contribution in [0.2, 0.25) is 5.02 Å². The largest absolute Gasteiger partial charge is 0.459 e. The average Bonchev–Trinajstić information content (AvgIpc) is 3.01. The third kappa shape index (κ3) is 4.47. The highest BCUT2D eigenvalue weighted by molar-refractivity contribution is 6.33. The summed E-state index contributed by atoms with van der Waals surface area (Å²) < 4.78 is 4.89. The van der Waals surface area contributed by atoms with E-state index in [0.717, 1.165) is 0 Å². The lowest BCUT2D eigenvalue weighted by Crippen LogP contribution is -2.34. The minimum Gasteiger partial charge on any atom is -0.459 e. The molecule has 7 heteroatoms. The maximum atomic E-state index is 11.5. The second-order valence-corrected chi connectivity index (χ2v) is 4.38. The average molecular weight is 306 g/mol. The zero-order valence-corrected chi connectivity index (χ0v) is 11.6. The van der Waals surface area contributed by atoms with E-state index in [2.05, 4.69) is 15.8 Å². The first-order chi connectivity index (χ1) is 10.2. The Hall–Kier alpha value is -2.60. The van der Waals surface area contributed by atoms with Crippen LogP contribution in [0.4, 0.5) is 0 Å². The monoisotopic (exact) mass is 305 g/mol. The van der Waals surface area contributed by atoms with Crippen molar-refractivity contribution in [2.24, 2.45) is 5.10 Å². The topological polar surface area (TPSA) is 83.7 Å². The lowest BCUT2D eigenvalue weighted by molar-refractivity contribution is -0.120. The molecule has 0 atom stereocenters. The molecule has 0 aliphatic heterocycles. The fourth-order valence-corrected chi connectivity index (χ4v) is 1.63. The van der Waals surface area contributed by atoms with E-state index in [4.69, 9.17) is 16.0 Å². The Morgan fingerprint density at radius 2 is 2.05 bits per heavy atom. The van der Waals surface area contributed by atoms with Gasteiger partial charge >= 0.3 is 0 Å². The molecule has 0 unspecified atom stereocenters. The molecule has 1 aromatic heterocycles. The van der Waals surface area contributed by atoms with Crippen LogP contribution in [0.5, 0.6) is 0 Å². The van der Waals surface area contributed by atoms with Crippen molar-refractivity contribution in [2.45, 2.75) is 0 Å². The minimum absolute atomic E-state index is 0.141. The summed E-state index contributed by atoms with van der Waals surface area (Å²) >= 11 is 5.93. The second kappa shape index (κ2) is 7.25. The van der Waals surface area contributed by atoms with E-state index < -0.39 is 11.8 Å². The van der Waals surface area contributed by atoms with Gasteiger partial charge < -0.3 is 9.73 Å². The van der Waals surface area contributed by atoms with Crippen molar-refractivity contribution in [2.75, 3.05) is 6.54 Å². The molecule has 2 aromatic rings. The normalized spacial score (nSPS) is 10.5. The first kappa shape index (κ1) is 14.8. The quantitative estimate of drug-likeness (QED) is 0.653. The number of carbonyl (C=O) groups is 2. The van der Waals surface area contributed by atoms with E-state index in [9.17, 15) is 9.59 Å². The van der Waals surface area contributed by atoms with Gasteiger partial charge in [-0.3, -0.25) is 9.59 Å². The number of benzene rings is 1. The van der Waals surface area contributed by atoms with Crippen molar-refractivity contribution < 1.29 is 14.0 Å². The fourth-order valence-electron chi connectivity index (χ4n) is 1.45. The van der Waals surface area contributed by atoms with Gasteiger partial charge in [-0.05, 0) is 18.2 Å². The Kier molecular flexibility index (Phi) is 5.11. The van der Waals surface area contributed by atoms with Crippen LogP contribution < -0.4 is 10.7 Å². The van der Waals surface area contributed by atoms with E-state index in [1.807, 2.05) is 0 Å². The van der Waals surface area contributed by atoms with Crippen LogP contribution in [0.1, 0.15) is 16.1 Å². The zero-order chi connectivity index (χ0) is 15.1. The van der Waals surface area contributed by atoms with Gasteiger partial charge in [0, 0.05) is 10.6 Å². The number of nitrogens with one attached hydrogen (secondary N) is 2. The van der Waals surface area contributed by atoms with Crippen molar-refractivity contribution in [3.8, 4) is 0 Å².